The number of amides is 1. The topological polar surface area (TPSA) is 63.1 Å². The molecule has 1 saturated heterocycles. The molecule has 1 aliphatic heterocycles. The van der Waals surface area contributed by atoms with Gasteiger partial charge in [-0.05, 0) is 49.9 Å². The van der Waals surface area contributed by atoms with E-state index in [0.29, 0.717) is 11.0 Å². The van der Waals surface area contributed by atoms with Crippen molar-refractivity contribution >= 4 is 33.4 Å². The van der Waals surface area contributed by atoms with Crippen molar-refractivity contribution in [3.8, 4) is 0 Å². The van der Waals surface area contributed by atoms with Gasteiger partial charge >= 0.3 is 0 Å². The number of piperidine rings is 1. The molecule has 27 heavy (non-hydrogen) atoms. The molecular formula is C20H25N5OS. The van der Waals surface area contributed by atoms with E-state index in [1.54, 1.807) is 11.3 Å². The molecule has 0 bridgehead atoms. The average molecular weight is 384 g/mol. The van der Waals surface area contributed by atoms with E-state index < -0.39 is 0 Å². The van der Waals surface area contributed by atoms with Crippen molar-refractivity contribution in [1.82, 2.24) is 19.4 Å². The first kappa shape index (κ1) is 18.1. The van der Waals surface area contributed by atoms with Gasteiger partial charge in [0.05, 0.1) is 11.0 Å². The van der Waals surface area contributed by atoms with Crippen LogP contribution in [0.4, 0.5) is 5.13 Å². The van der Waals surface area contributed by atoms with E-state index in [2.05, 4.69) is 43.9 Å². The van der Waals surface area contributed by atoms with Gasteiger partial charge < -0.3 is 9.88 Å². The van der Waals surface area contributed by atoms with Crippen LogP contribution in [0.3, 0.4) is 0 Å². The molecule has 1 unspecified atom stereocenters. The average Bonchev–Trinajstić information content (AvgIpc) is 3.20. The second-order valence-electron chi connectivity index (χ2n) is 7.36. The molecule has 6 nitrogen and oxygen atoms in total. The molecule has 0 saturated carbocycles. The zero-order valence-electron chi connectivity index (χ0n) is 15.8. The monoisotopic (exact) mass is 383 g/mol. The normalized spacial score (nSPS) is 18.1. The van der Waals surface area contributed by atoms with Crippen LogP contribution in [-0.4, -0.2) is 38.4 Å². The van der Waals surface area contributed by atoms with Gasteiger partial charge in [-0.1, -0.05) is 0 Å². The second-order valence-corrected chi connectivity index (χ2v) is 8.48. The van der Waals surface area contributed by atoms with Crippen molar-refractivity contribution in [1.29, 1.82) is 0 Å². The van der Waals surface area contributed by atoms with Gasteiger partial charge in [0.1, 0.15) is 0 Å². The number of nitrogens with one attached hydrogen (secondary N) is 1. The SMILES string of the molecule is CC(=O)Nc1ncc(CN2CCCC(Cc3cc4ncccc4n3C)C2)s1. The number of pyridine rings is 1. The highest BCUT2D eigenvalue weighted by atomic mass is 32.1. The minimum atomic E-state index is -0.0709. The van der Waals surface area contributed by atoms with Crippen LogP contribution >= 0.6 is 11.3 Å². The molecule has 1 amide bonds. The molecule has 0 aromatic carbocycles. The lowest BCUT2D eigenvalue weighted by Gasteiger charge is -2.32. The van der Waals surface area contributed by atoms with Gasteiger partial charge in [0, 0.05) is 50.0 Å². The van der Waals surface area contributed by atoms with Gasteiger partial charge in [0.25, 0.3) is 0 Å². The zero-order valence-corrected chi connectivity index (χ0v) is 16.6. The van der Waals surface area contributed by atoms with Crippen molar-refractivity contribution in [2.24, 2.45) is 13.0 Å². The fourth-order valence-electron chi connectivity index (χ4n) is 3.98. The minimum Gasteiger partial charge on any atom is -0.346 e. The number of likely N-dealkylation sites (tertiary alicyclic amines) is 1. The molecule has 3 aromatic rings. The van der Waals surface area contributed by atoms with E-state index in [-0.39, 0.29) is 5.91 Å². The van der Waals surface area contributed by atoms with Crippen molar-refractivity contribution in [2.45, 2.75) is 32.7 Å². The third-order valence-electron chi connectivity index (χ3n) is 5.23. The summed E-state index contributed by atoms with van der Waals surface area (Å²) in [6, 6.07) is 6.37. The number of nitrogens with zero attached hydrogens (tertiary/aromatic N) is 4. The maximum Gasteiger partial charge on any atom is 0.223 e. The highest BCUT2D eigenvalue weighted by Gasteiger charge is 2.22. The first-order valence-corrected chi connectivity index (χ1v) is 10.2. The lowest BCUT2D eigenvalue weighted by Crippen LogP contribution is -2.35. The number of fused-ring (bicyclic) bond motifs is 1. The Labute approximate surface area is 163 Å². The van der Waals surface area contributed by atoms with E-state index in [1.807, 2.05) is 18.5 Å². The van der Waals surface area contributed by atoms with Crippen LogP contribution in [0.1, 0.15) is 30.3 Å². The summed E-state index contributed by atoms with van der Waals surface area (Å²) in [5.74, 6) is 0.586. The Morgan fingerprint density at radius 1 is 1.41 bits per heavy atom. The number of aromatic nitrogens is 3. The number of thiazole rings is 1. The van der Waals surface area contributed by atoms with Crippen molar-refractivity contribution in [2.75, 3.05) is 18.4 Å². The Bertz CT molecular complexity index is 947. The van der Waals surface area contributed by atoms with Crippen LogP contribution in [0, 0.1) is 5.92 Å². The summed E-state index contributed by atoms with van der Waals surface area (Å²) < 4.78 is 2.28. The Balaban J connectivity index is 1.39. The highest BCUT2D eigenvalue weighted by Crippen LogP contribution is 2.26. The minimum absolute atomic E-state index is 0.0709. The van der Waals surface area contributed by atoms with Crippen LogP contribution in [0.25, 0.3) is 11.0 Å². The zero-order chi connectivity index (χ0) is 18.8. The van der Waals surface area contributed by atoms with Gasteiger partial charge in [0.15, 0.2) is 5.13 Å². The summed E-state index contributed by atoms with van der Waals surface area (Å²) in [4.78, 5) is 23.7. The van der Waals surface area contributed by atoms with Crippen molar-refractivity contribution < 1.29 is 4.79 Å². The van der Waals surface area contributed by atoms with E-state index in [9.17, 15) is 4.79 Å². The van der Waals surface area contributed by atoms with Crippen molar-refractivity contribution in [3.05, 3.63) is 41.2 Å². The standard InChI is InChI=1S/C20H25N5OS/c1-14(26)23-20-22-11-17(27-20)13-25-8-4-5-15(12-25)9-16-10-18-19(24(16)2)6-3-7-21-18/h3,6-7,10-11,15H,4-5,8-9,12-13H2,1-2H3,(H,22,23,26). The molecular weight excluding hydrogens is 358 g/mol. The van der Waals surface area contributed by atoms with E-state index in [0.717, 1.165) is 31.6 Å². The Kier molecular flexibility index (Phi) is 5.22. The maximum absolute atomic E-state index is 11.2. The lowest BCUT2D eigenvalue weighted by molar-refractivity contribution is -0.114. The molecule has 1 atom stereocenters. The quantitative estimate of drug-likeness (QED) is 0.733. The van der Waals surface area contributed by atoms with E-state index in [1.165, 1.54) is 35.9 Å². The Morgan fingerprint density at radius 3 is 3.11 bits per heavy atom. The number of anilines is 1. The van der Waals surface area contributed by atoms with Crippen LogP contribution in [0.5, 0.6) is 0 Å². The van der Waals surface area contributed by atoms with Gasteiger partial charge in [-0.2, -0.15) is 0 Å². The van der Waals surface area contributed by atoms with Crippen LogP contribution in [0.2, 0.25) is 0 Å². The molecule has 3 aromatic heterocycles. The fourth-order valence-corrected chi connectivity index (χ4v) is 4.88. The second kappa shape index (κ2) is 7.78. The van der Waals surface area contributed by atoms with E-state index in [4.69, 9.17) is 0 Å². The number of aryl methyl sites for hydroxylation is 1. The first-order valence-electron chi connectivity index (χ1n) is 9.42. The first-order chi connectivity index (χ1) is 13.1. The summed E-state index contributed by atoms with van der Waals surface area (Å²) in [5, 5.41) is 3.45. The predicted octanol–water partition coefficient (Wildman–Crippen LogP) is 3.44. The molecule has 1 aliphatic rings. The molecule has 1 N–H and O–H groups in total. The van der Waals surface area contributed by atoms with E-state index >= 15 is 0 Å². The highest BCUT2D eigenvalue weighted by molar-refractivity contribution is 7.15. The molecule has 0 spiro atoms. The van der Waals surface area contributed by atoms with Gasteiger partial charge in [-0.25, -0.2) is 4.98 Å². The third-order valence-corrected chi connectivity index (χ3v) is 6.13. The molecule has 0 aliphatic carbocycles. The smallest absolute Gasteiger partial charge is 0.223 e. The molecule has 4 rings (SSSR count). The fraction of sp³-hybridized carbons (Fsp3) is 0.450. The molecule has 1 fully saturated rings. The number of rotatable bonds is 5. The maximum atomic E-state index is 11.2. The van der Waals surface area contributed by atoms with Crippen LogP contribution in [0.15, 0.2) is 30.6 Å². The summed E-state index contributed by atoms with van der Waals surface area (Å²) in [6.45, 7) is 4.64. The van der Waals surface area contributed by atoms with Gasteiger partial charge in [0.2, 0.25) is 5.91 Å². The third kappa shape index (κ3) is 4.20. The van der Waals surface area contributed by atoms with Crippen LogP contribution in [-0.2, 0) is 24.8 Å². The molecule has 0 radical (unpaired) electrons. The number of hydrogen-bond donors (Lipinski definition) is 1. The summed E-state index contributed by atoms with van der Waals surface area (Å²) in [5.41, 5.74) is 3.65. The number of carbonyl (C=O) groups excluding carboxylic acids is 1. The van der Waals surface area contributed by atoms with Gasteiger partial charge in [-0.15, -0.1) is 11.3 Å². The summed E-state index contributed by atoms with van der Waals surface area (Å²) in [7, 11) is 2.14. The summed E-state index contributed by atoms with van der Waals surface area (Å²) >= 11 is 1.57. The molecule has 142 valence electrons. The lowest BCUT2D eigenvalue weighted by atomic mass is 9.93. The summed E-state index contributed by atoms with van der Waals surface area (Å²) in [6.07, 6.45) is 7.33. The molecule has 4 heterocycles. The Hall–Kier alpha value is -2.25. The number of carbonyl (C=O) groups is 1. The predicted molar refractivity (Wildman–Crippen MR) is 109 cm³/mol. The largest absolute Gasteiger partial charge is 0.346 e. The number of hydrogen-bond acceptors (Lipinski definition) is 5. The van der Waals surface area contributed by atoms with Crippen molar-refractivity contribution in [3.63, 3.8) is 0 Å². The molecule has 7 heteroatoms. The Morgan fingerprint density at radius 2 is 2.30 bits per heavy atom. The van der Waals surface area contributed by atoms with Gasteiger partial charge in [-0.3, -0.25) is 14.7 Å². The van der Waals surface area contributed by atoms with Crippen LogP contribution < -0.4 is 5.32 Å².